The van der Waals surface area contributed by atoms with Gasteiger partial charge in [-0.1, -0.05) is 60.7 Å². The molecule has 132 valence electrons. The van der Waals surface area contributed by atoms with Crippen LogP contribution in [0, 0.1) is 0 Å². The molecule has 0 saturated carbocycles. The van der Waals surface area contributed by atoms with Gasteiger partial charge in [-0.05, 0) is 11.1 Å². The summed E-state index contributed by atoms with van der Waals surface area (Å²) in [6.07, 6.45) is 1.36. The summed E-state index contributed by atoms with van der Waals surface area (Å²) >= 11 is 0. The van der Waals surface area contributed by atoms with E-state index in [1.165, 1.54) is 6.33 Å². The van der Waals surface area contributed by atoms with Gasteiger partial charge in [0.2, 0.25) is 5.91 Å². The minimum absolute atomic E-state index is 0.216. The number of amides is 1. The van der Waals surface area contributed by atoms with E-state index in [0.717, 1.165) is 11.1 Å². The van der Waals surface area contributed by atoms with E-state index in [4.69, 9.17) is 5.73 Å². The summed E-state index contributed by atoms with van der Waals surface area (Å²) in [6.45, 7) is 0. The van der Waals surface area contributed by atoms with Crippen molar-refractivity contribution in [3.8, 4) is 0 Å². The van der Waals surface area contributed by atoms with Gasteiger partial charge in [0.1, 0.15) is 12.0 Å². The number of nitrogens with two attached hydrogens (primary N) is 1. The van der Waals surface area contributed by atoms with Crippen molar-refractivity contribution >= 4 is 23.2 Å². The van der Waals surface area contributed by atoms with Crippen LogP contribution in [0.2, 0.25) is 0 Å². The van der Waals surface area contributed by atoms with E-state index in [2.05, 4.69) is 26.1 Å². The van der Waals surface area contributed by atoms with Gasteiger partial charge in [-0.15, -0.1) is 0 Å². The van der Waals surface area contributed by atoms with E-state index in [-0.39, 0.29) is 5.91 Å². The SMILES string of the molecule is CNc1ncnc(NNC(=O)C(c2ccccc2)c2ccccc2)c1N. The van der Waals surface area contributed by atoms with Crippen molar-refractivity contribution in [2.24, 2.45) is 0 Å². The Kier molecular flexibility index (Phi) is 5.28. The molecule has 5 N–H and O–H groups in total. The van der Waals surface area contributed by atoms with Gasteiger partial charge in [0.15, 0.2) is 11.6 Å². The number of rotatable bonds is 6. The van der Waals surface area contributed by atoms with Crippen LogP contribution in [-0.4, -0.2) is 22.9 Å². The lowest BCUT2D eigenvalue weighted by Gasteiger charge is -2.19. The predicted molar refractivity (Wildman–Crippen MR) is 102 cm³/mol. The highest BCUT2D eigenvalue weighted by molar-refractivity contribution is 5.88. The van der Waals surface area contributed by atoms with E-state index in [1.807, 2.05) is 60.7 Å². The zero-order valence-corrected chi connectivity index (χ0v) is 14.3. The third kappa shape index (κ3) is 3.72. The number of benzene rings is 2. The summed E-state index contributed by atoms with van der Waals surface area (Å²) < 4.78 is 0. The van der Waals surface area contributed by atoms with Crippen LogP contribution in [0.3, 0.4) is 0 Å². The van der Waals surface area contributed by atoms with Crippen LogP contribution in [0.25, 0.3) is 0 Å². The number of carbonyl (C=O) groups excluding carboxylic acids is 1. The fourth-order valence-electron chi connectivity index (χ4n) is 2.67. The van der Waals surface area contributed by atoms with Crippen molar-refractivity contribution in [3.05, 3.63) is 78.1 Å². The van der Waals surface area contributed by atoms with Crippen LogP contribution >= 0.6 is 0 Å². The van der Waals surface area contributed by atoms with Crippen molar-refractivity contribution in [1.29, 1.82) is 0 Å². The van der Waals surface area contributed by atoms with Crippen molar-refractivity contribution in [2.75, 3.05) is 23.5 Å². The number of nitrogen functional groups attached to an aromatic ring is 1. The lowest BCUT2D eigenvalue weighted by molar-refractivity contribution is -0.121. The Bertz CT molecular complexity index is 830. The lowest BCUT2D eigenvalue weighted by atomic mass is 9.91. The van der Waals surface area contributed by atoms with Gasteiger partial charge < -0.3 is 11.1 Å². The second-order valence-electron chi connectivity index (χ2n) is 5.60. The molecule has 0 aliphatic carbocycles. The van der Waals surface area contributed by atoms with Crippen LogP contribution in [0.15, 0.2) is 67.0 Å². The summed E-state index contributed by atoms with van der Waals surface area (Å²) in [5.74, 6) is 0.139. The Morgan fingerprint density at radius 2 is 1.46 bits per heavy atom. The highest BCUT2D eigenvalue weighted by Crippen LogP contribution is 2.25. The molecule has 26 heavy (non-hydrogen) atoms. The number of hydrazine groups is 1. The minimum atomic E-state index is -0.461. The first-order valence-electron chi connectivity index (χ1n) is 8.14. The van der Waals surface area contributed by atoms with Crippen LogP contribution in [0.1, 0.15) is 17.0 Å². The molecule has 1 amide bonds. The molecule has 7 nitrogen and oxygen atoms in total. The van der Waals surface area contributed by atoms with Crippen molar-refractivity contribution in [2.45, 2.75) is 5.92 Å². The fraction of sp³-hybridized carbons (Fsp3) is 0.105. The normalized spacial score (nSPS) is 10.4. The van der Waals surface area contributed by atoms with Gasteiger partial charge in [0.05, 0.1) is 5.92 Å². The molecule has 2 aromatic carbocycles. The number of aromatic nitrogens is 2. The fourth-order valence-corrected chi connectivity index (χ4v) is 2.67. The number of carbonyl (C=O) groups is 1. The smallest absolute Gasteiger partial charge is 0.250 e. The molecular formula is C19H20N6O. The number of hydrogen-bond acceptors (Lipinski definition) is 6. The van der Waals surface area contributed by atoms with Crippen molar-refractivity contribution in [1.82, 2.24) is 15.4 Å². The molecular weight excluding hydrogens is 328 g/mol. The Morgan fingerprint density at radius 3 is 2.00 bits per heavy atom. The zero-order valence-electron chi connectivity index (χ0n) is 14.3. The van der Waals surface area contributed by atoms with E-state index in [0.29, 0.717) is 17.3 Å². The molecule has 7 heteroatoms. The second-order valence-corrected chi connectivity index (χ2v) is 5.60. The van der Waals surface area contributed by atoms with Crippen LogP contribution in [0.5, 0.6) is 0 Å². The molecule has 3 rings (SSSR count). The summed E-state index contributed by atoms with van der Waals surface area (Å²) in [7, 11) is 1.71. The molecule has 0 atom stereocenters. The van der Waals surface area contributed by atoms with Crippen molar-refractivity contribution < 1.29 is 4.79 Å². The third-order valence-corrected chi connectivity index (χ3v) is 3.95. The first kappa shape index (κ1) is 17.2. The van der Waals surface area contributed by atoms with E-state index in [1.54, 1.807) is 7.05 Å². The summed E-state index contributed by atoms with van der Waals surface area (Å²) in [6, 6.07) is 19.2. The number of hydrogen-bond donors (Lipinski definition) is 4. The lowest BCUT2D eigenvalue weighted by Crippen LogP contribution is -2.35. The van der Waals surface area contributed by atoms with Crippen LogP contribution < -0.4 is 21.9 Å². The molecule has 3 aromatic rings. The molecule has 0 fully saturated rings. The standard InChI is InChI=1S/C19H20N6O/c1-21-17-16(20)18(23-12-22-17)24-25-19(26)15(13-8-4-2-5-9-13)14-10-6-3-7-11-14/h2-12,15H,20H2,1H3,(H,25,26)(H2,21,22,23,24). The number of nitrogens with one attached hydrogen (secondary N) is 3. The number of nitrogens with zero attached hydrogens (tertiary/aromatic N) is 2. The van der Waals surface area contributed by atoms with Gasteiger partial charge in [0, 0.05) is 7.05 Å². The predicted octanol–water partition coefficient (Wildman–Crippen LogP) is 2.38. The molecule has 0 unspecified atom stereocenters. The molecule has 0 radical (unpaired) electrons. The van der Waals surface area contributed by atoms with Crippen LogP contribution in [-0.2, 0) is 4.79 Å². The highest BCUT2D eigenvalue weighted by atomic mass is 16.2. The maximum atomic E-state index is 12.9. The first-order valence-corrected chi connectivity index (χ1v) is 8.14. The Balaban J connectivity index is 1.83. The molecule has 0 saturated heterocycles. The Morgan fingerprint density at radius 1 is 0.923 bits per heavy atom. The zero-order chi connectivity index (χ0) is 18.4. The maximum absolute atomic E-state index is 12.9. The Labute approximate surface area is 151 Å². The van der Waals surface area contributed by atoms with Crippen molar-refractivity contribution in [3.63, 3.8) is 0 Å². The first-order chi connectivity index (χ1) is 12.7. The second kappa shape index (κ2) is 7.98. The summed E-state index contributed by atoms with van der Waals surface area (Å²) in [5, 5.41) is 2.87. The maximum Gasteiger partial charge on any atom is 0.250 e. The monoisotopic (exact) mass is 348 g/mol. The van der Waals surface area contributed by atoms with E-state index < -0.39 is 5.92 Å². The van der Waals surface area contributed by atoms with Gasteiger partial charge in [0.25, 0.3) is 0 Å². The molecule has 1 heterocycles. The summed E-state index contributed by atoms with van der Waals surface area (Å²) in [5.41, 5.74) is 13.6. The summed E-state index contributed by atoms with van der Waals surface area (Å²) in [4.78, 5) is 21.0. The average molecular weight is 348 g/mol. The average Bonchev–Trinajstić information content (AvgIpc) is 2.69. The highest BCUT2D eigenvalue weighted by Gasteiger charge is 2.22. The van der Waals surface area contributed by atoms with E-state index in [9.17, 15) is 4.79 Å². The van der Waals surface area contributed by atoms with Gasteiger partial charge in [-0.25, -0.2) is 9.97 Å². The molecule has 0 aliphatic rings. The topological polar surface area (TPSA) is 105 Å². The van der Waals surface area contributed by atoms with E-state index >= 15 is 0 Å². The minimum Gasteiger partial charge on any atom is -0.393 e. The van der Waals surface area contributed by atoms with Crippen LogP contribution in [0.4, 0.5) is 17.3 Å². The van der Waals surface area contributed by atoms with Gasteiger partial charge in [-0.3, -0.25) is 15.6 Å². The molecule has 0 spiro atoms. The largest absolute Gasteiger partial charge is 0.393 e. The quantitative estimate of drug-likeness (QED) is 0.510. The molecule has 0 aliphatic heterocycles. The third-order valence-electron chi connectivity index (χ3n) is 3.95. The van der Waals surface area contributed by atoms with Gasteiger partial charge in [-0.2, -0.15) is 0 Å². The molecule has 0 bridgehead atoms. The molecule has 1 aromatic heterocycles. The number of anilines is 3. The van der Waals surface area contributed by atoms with Gasteiger partial charge >= 0.3 is 0 Å². The Hall–Kier alpha value is -3.61.